The molecule has 128 valence electrons. The largest absolute Gasteiger partial charge is 0.491 e. The number of nitrogens with one attached hydrogen (secondary N) is 1. The molecule has 1 N–H and O–H groups in total. The minimum absolute atomic E-state index is 0.0748. The summed E-state index contributed by atoms with van der Waals surface area (Å²) >= 11 is 0. The van der Waals surface area contributed by atoms with E-state index in [-0.39, 0.29) is 24.7 Å². The van der Waals surface area contributed by atoms with Crippen LogP contribution in [0.15, 0.2) is 59.5 Å². The van der Waals surface area contributed by atoms with Crippen LogP contribution in [0.5, 0.6) is 5.75 Å². The van der Waals surface area contributed by atoms with E-state index in [0.29, 0.717) is 11.3 Å². The van der Waals surface area contributed by atoms with Crippen LogP contribution in [0.1, 0.15) is 5.56 Å². The summed E-state index contributed by atoms with van der Waals surface area (Å²) in [5, 5.41) is 0. The van der Waals surface area contributed by atoms with Crippen LogP contribution in [0.25, 0.3) is 0 Å². The van der Waals surface area contributed by atoms with Crippen molar-refractivity contribution in [2.75, 3.05) is 19.8 Å². The monoisotopic (exact) mass is 349 g/mol. The molecular formula is C17H19NO5S. The molecule has 0 aliphatic carbocycles. The summed E-state index contributed by atoms with van der Waals surface area (Å²) < 4.78 is 36.8. The molecule has 2 aromatic carbocycles. The number of benzene rings is 2. The van der Waals surface area contributed by atoms with Crippen LogP contribution in [0.3, 0.4) is 0 Å². The van der Waals surface area contributed by atoms with Crippen molar-refractivity contribution >= 4 is 15.9 Å². The van der Waals surface area contributed by atoms with Gasteiger partial charge in [0.15, 0.2) is 0 Å². The number of carbonyl (C=O) groups is 1. The Morgan fingerprint density at radius 2 is 1.67 bits per heavy atom. The van der Waals surface area contributed by atoms with Gasteiger partial charge in [0, 0.05) is 0 Å². The Labute approximate surface area is 141 Å². The van der Waals surface area contributed by atoms with Crippen molar-refractivity contribution in [3.05, 3.63) is 60.2 Å². The second-order valence-corrected chi connectivity index (χ2v) is 6.66. The zero-order valence-corrected chi connectivity index (χ0v) is 14.1. The molecule has 6 nitrogen and oxygen atoms in total. The van der Waals surface area contributed by atoms with Crippen LogP contribution >= 0.6 is 0 Å². The van der Waals surface area contributed by atoms with Gasteiger partial charge in [0.05, 0.1) is 11.5 Å². The van der Waals surface area contributed by atoms with Gasteiger partial charge in [-0.15, -0.1) is 0 Å². The number of hydrogen-bond acceptors (Lipinski definition) is 5. The third-order valence-electron chi connectivity index (χ3n) is 3.10. The Bertz CT molecular complexity index is 775. The van der Waals surface area contributed by atoms with Crippen molar-refractivity contribution in [1.82, 2.24) is 4.72 Å². The van der Waals surface area contributed by atoms with Gasteiger partial charge in [-0.1, -0.05) is 36.4 Å². The summed E-state index contributed by atoms with van der Waals surface area (Å²) in [6, 6.07) is 15.6. The predicted octanol–water partition coefficient (Wildman–Crippen LogP) is 1.90. The van der Waals surface area contributed by atoms with E-state index in [9.17, 15) is 13.2 Å². The van der Waals surface area contributed by atoms with Crippen molar-refractivity contribution in [3.8, 4) is 5.75 Å². The molecule has 0 saturated heterocycles. The van der Waals surface area contributed by atoms with Gasteiger partial charge in [-0.25, -0.2) is 13.1 Å². The Kier molecular flexibility index (Phi) is 6.34. The van der Waals surface area contributed by atoms with Gasteiger partial charge in [-0.2, -0.15) is 0 Å². The average Bonchev–Trinajstić information content (AvgIpc) is 2.55. The summed E-state index contributed by atoms with van der Waals surface area (Å²) in [7, 11) is -3.89. The molecule has 0 spiro atoms. The van der Waals surface area contributed by atoms with E-state index < -0.39 is 15.9 Å². The molecule has 0 aliphatic rings. The van der Waals surface area contributed by atoms with E-state index in [2.05, 4.69) is 0 Å². The van der Waals surface area contributed by atoms with Crippen LogP contribution in [-0.2, 0) is 19.6 Å². The number of rotatable bonds is 8. The number of aryl methyl sites for hydroxylation is 1. The summed E-state index contributed by atoms with van der Waals surface area (Å²) in [6.07, 6.45) is 0. The van der Waals surface area contributed by atoms with Crippen LogP contribution in [0, 0.1) is 6.92 Å². The molecule has 0 atom stereocenters. The molecule has 0 unspecified atom stereocenters. The molecule has 24 heavy (non-hydrogen) atoms. The standard InChI is InChI=1S/C17H19NO5S/c1-14-7-5-6-10-16(14)24(20,21)18-17(19)13-22-11-12-23-15-8-3-2-4-9-15/h2-10H,11-13H2,1H3,(H,18,19). The summed E-state index contributed by atoms with van der Waals surface area (Å²) in [4.78, 5) is 11.8. The highest BCUT2D eigenvalue weighted by Crippen LogP contribution is 2.13. The van der Waals surface area contributed by atoms with E-state index in [1.54, 1.807) is 25.1 Å². The van der Waals surface area contributed by atoms with Gasteiger partial charge in [-0.3, -0.25) is 4.79 Å². The lowest BCUT2D eigenvalue weighted by atomic mass is 10.2. The smallest absolute Gasteiger partial charge is 0.264 e. The van der Waals surface area contributed by atoms with Crippen LogP contribution in [0.2, 0.25) is 0 Å². The maximum Gasteiger partial charge on any atom is 0.264 e. The first-order valence-electron chi connectivity index (χ1n) is 7.36. The number of amides is 1. The quantitative estimate of drug-likeness (QED) is 0.736. The molecule has 0 bridgehead atoms. The fraction of sp³-hybridized carbons (Fsp3) is 0.235. The molecule has 2 rings (SSSR count). The topological polar surface area (TPSA) is 81.7 Å². The Morgan fingerprint density at radius 3 is 2.38 bits per heavy atom. The summed E-state index contributed by atoms with van der Waals surface area (Å²) in [6.45, 7) is 1.74. The maximum absolute atomic E-state index is 12.1. The number of ether oxygens (including phenoxy) is 2. The molecule has 2 aromatic rings. The lowest BCUT2D eigenvalue weighted by Crippen LogP contribution is -2.34. The predicted molar refractivity (Wildman–Crippen MR) is 89.3 cm³/mol. The van der Waals surface area contributed by atoms with Gasteiger partial charge < -0.3 is 9.47 Å². The SMILES string of the molecule is Cc1ccccc1S(=O)(=O)NC(=O)COCCOc1ccccc1. The highest BCUT2D eigenvalue weighted by atomic mass is 32.2. The van der Waals surface area contributed by atoms with Gasteiger partial charge in [0.1, 0.15) is 19.0 Å². The average molecular weight is 349 g/mol. The lowest BCUT2D eigenvalue weighted by Gasteiger charge is -2.10. The first-order valence-corrected chi connectivity index (χ1v) is 8.84. The number of sulfonamides is 1. The first-order chi connectivity index (χ1) is 11.5. The second kappa shape index (κ2) is 8.47. The van der Waals surface area contributed by atoms with Crippen LogP contribution < -0.4 is 9.46 Å². The van der Waals surface area contributed by atoms with Crippen molar-refractivity contribution in [1.29, 1.82) is 0 Å². The minimum atomic E-state index is -3.89. The molecule has 0 aliphatic heterocycles. The van der Waals surface area contributed by atoms with Gasteiger partial charge in [-0.05, 0) is 30.7 Å². The van der Waals surface area contributed by atoms with Gasteiger partial charge in [0.25, 0.3) is 15.9 Å². The molecular weight excluding hydrogens is 330 g/mol. The molecule has 0 radical (unpaired) electrons. The summed E-state index contributed by atoms with van der Waals surface area (Å²) in [5.74, 6) is -0.0225. The Balaban J connectivity index is 1.74. The van der Waals surface area contributed by atoms with Crippen molar-refractivity contribution in [2.24, 2.45) is 0 Å². The van der Waals surface area contributed by atoms with Crippen LogP contribution in [0.4, 0.5) is 0 Å². The third-order valence-corrected chi connectivity index (χ3v) is 4.64. The zero-order chi connectivity index (χ0) is 17.4. The Morgan fingerprint density at radius 1 is 1.00 bits per heavy atom. The van der Waals surface area contributed by atoms with Gasteiger partial charge >= 0.3 is 0 Å². The number of hydrogen-bond donors (Lipinski definition) is 1. The number of para-hydroxylation sites is 1. The third kappa shape index (κ3) is 5.36. The second-order valence-electron chi connectivity index (χ2n) is 5.01. The molecule has 0 saturated carbocycles. The van der Waals surface area contributed by atoms with E-state index in [4.69, 9.17) is 9.47 Å². The van der Waals surface area contributed by atoms with Gasteiger partial charge in [0.2, 0.25) is 0 Å². The van der Waals surface area contributed by atoms with Crippen molar-refractivity contribution < 1.29 is 22.7 Å². The van der Waals surface area contributed by atoms with E-state index in [1.807, 2.05) is 35.1 Å². The molecule has 7 heteroatoms. The fourth-order valence-corrected chi connectivity index (χ4v) is 3.21. The van der Waals surface area contributed by atoms with Crippen molar-refractivity contribution in [2.45, 2.75) is 11.8 Å². The molecule has 1 amide bonds. The van der Waals surface area contributed by atoms with Crippen LogP contribution in [-0.4, -0.2) is 34.1 Å². The van der Waals surface area contributed by atoms with E-state index in [0.717, 1.165) is 0 Å². The normalized spacial score (nSPS) is 11.0. The molecule has 0 aromatic heterocycles. The molecule has 0 heterocycles. The first kappa shape index (κ1) is 18.0. The lowest BCUT2D eigenvalue weighted by molar-refractivity contribution is -0.124. The zero-order valence-electron chi connectivity index (χ0n) is 13.3. The number of carbonyl (C=O) groups excluding carboxylic acids is 1. The summed E-state index contributed by atoms with van der Waals surface area (Å²) in [5.41, 5.74) is 0.565. The minimum Gasteiger partial charge on any atom is -0.491 e. The maximum atomic E-state index is 12.1. The highest BCUT2D eigenvalue weighted by Gasteiger charge is 2.19. The fourth-order valence-electron chi connectivity index (χ4n) is 1.99. The Hall–Kier alpha value is -2.38. The van der Waals surface area contributed by atoms with E-state index in [1.165, 1.54) is 6.07 Å². The highest BCUT2D eigenvalue weighted by molar-refractivity contribution is 7.90. The van der Waals surface area contributed by atoms with E-state index >= 15 is 0 Å². The molecule has 0 fully saturated rings. The van der Waals surface area contributed by atoms with Crippen molar-refractivity contribution in [3.63, 3.8) is 0 Å².